The third kappa shape index (κ3) is 2.03. The first kappa shape index (κ1) is 12.0. The zero-order chi connectivity index (χ0) is 13.2. The van der Waals surface area contributed by atoms with Crippen molar-refractivity contribution in [2.75, 3.05) is 0 Å². The molecule has 0 fully saturated rings. The molecule has 0 aliphatic rings. The molecular weight excluding hydrogens is 236 g/mol. The second-order valence-corrected chi connectivity index (χ2v) is 4.60. The summed E-state index contributed by atoms with van der Waals surface area (Å²) in [5.74, 6) is 1.11. The van der Waals surface area contributed by atoms with Gasteiger partial charge in [-0.05, 0) is 13.0 Å². The van der Waals surface area contributed by atoms with E-state index >= 15 is 0 Å². The summed E-state index contributed by atoms with van der Waals surface area (Å²) in [6, 6.07) is 8.41. The van der Waals surface area contributed by atoms with Gasteiger partial charge in [-0.15, -0.1) is 0 Å². The van der Waals surface area contributed by atoms with Crippen molar-refractivity contribution >= 4 is 10.9 Å². The maximum Gasteiger partial charge on any atom is 0.108 e. The molecule has 4 nitrogen and oxygen atoms in total. The fourth-order valence-electron chi connectivity index (χ4n) is 2.51. The number of hydrogen-bond donors (Lipinski definition) is 0. The molecule has 0 amide bonds. The van der Waals surface area contributed by atoms with Crippen molar-refractivity contribution in [3.63, 3.8) is 0 Å². The molecular formula is C15H18N4. The van der Waals surface area contributed by atoms with Crippen LogP contribution in [0.5, 0.6) is 0 Å². The summed E-state index contributed by atoms with van der Waals surface area (Å²) in [6.07, 6.45) is 4.83. The van der Waals surface area contributed by atoms with Gasteiger partial charge in [-0.1, -0.05) is 25.1 Å². The Kier molecular flexibility index (Phi) is 3.07. The van der Waals surface area contributed by atoms with E-state index in [0.717, 1.165) is 31.0 Å². The van der Waals surface area contributed by atoms with Gasteiger partial charge in [0.15, 0.2) is 0 Å². The lowest BCUT2D eigenvalue weighted by Crippen LogP contribution is -2.05. The monoisotopic (exact) mass is 254 g/mol. The van der Waals surface area contributed by atoms with Gasteiger partial charge in [-0.2, -0.15) is 5.10 Å². The van der Waals surface area contributed by atoms with E-state index in [0.29, 0.717) is 0 Å². The molecule has 3 rings (SSSR count). The normalized spacial score (nSPS) is 11.3. The van der Waals surface area contributed by atoms with Crippen molar-refractivity contribution in [1.29, 1.82) is 0 Å². The van der Waals surface area contributed by atoms with Crippen molar-refractivity contribution in [1.82, 2.24) is 19.3 Å². The van der Waals surface area contributed by atoms with Gasteiger partial charge in [0.2, 0.25) is 0 Å². The molecule has 98 valence electrons. The molecule has 0 bridgehead atoms. The Morgan fingerprint density at radius 1 is 1.16 bits per heavy atom. The molecule has 0 aliphatic carbocycles. The van der Waals surface area contributed by atoms with Crippen LogP contribution in [0.15, 0.2) is 36.7 Å². The first-order valence-electron chi connectivity index (χ1n) is 6.78. The standard InChI is InChI=1S/C15H18N4/c1-3-15-16-9-10-18(15)11-13-12-7-5-6-8-14(12)19(4-2)17-13/h5-10H,3-4,11H2,1-2H3. The number of aromatic nitrogens is 4. The average Bonchev–Trinajstić information content (AvgIpc) is 3.04. The topological polar surface area (TPSA) is 35.6 Å². The molecule has 4 heteroatoms. The quantitative estimate of drug-likeness (QED) is 0.717. The van der Waals surface area contributed by atoms with E-state index in [1.54, 1.807) is 0 Å². The maximum absolute atomic E-state index is 4.73. The van der Waals surface area contributed by atoms with Gasteiger partial charge in [0, 0.05) is 30.7 Å². The Hall–Kier alpha value is -2.10. The lowest BCUT2D eigenvalue weighted by atomic mass is 10.2. The van der Waals surface area contributed by atoms with Crippen LogP contribution in [0.4, 0.5) is 0 Å². The van der Waals surface area contributed by atoms with Crippen LogP contribution >= 0.6 is 0 Å². The summed E-state index contributed by atoms with van der Waals surface area (Å²) < 4.78 is 4.24. The fraction of sp³-hybridized carbons (Fsp3) is 0.333. The fourth-order valence-corrected chi connectivity index (χ4v) is 2.51. The van der Waals surface area contributed by atoms with E-state index in [1.165, 1.54) is 10.9 Å². The SMILES string of the molecule is CCc1nccn1Cc1nn(CC)c2ccccc12. The lowest BCUT2D eigenvalue weighted by Gasteiger charge is -2.04. The minimum atomic E-state index is 0.788. The van der Waals surface area contributed by atoms with Crippen LogP contribution in [0.3, 0.4) is 0 Å². The molecule has 0 aliphatic heterocycles. The summed E-state index contributed by atoms with van der Waals surface area (Å²) in [6.45, 7) is 5.93. The number of para-hydroxylation sites is 1. The van der Waals surface area contributed by atoms with E-state index in [1.807, 2.05) is 12.4 Å². The Morgan fingerprint density at radius 3 is 2.79 bits per heavy atom. The molecule has 19 heavy (non-hydrogen) atoms. The van der Waals surface area contributed by atoms with Crippen LogP contribution in [0.25, 0.3) is 10.9 Å². The Morgan fingerprint density at radius 2 is 2.00 bits per heavy atom. The van der Waals surface area contributed by atoms with E-state index in [9.17, 15) is 0 Å². The van der Waals surface area contributed by atoms with Gasteiger partial charge in [0.05, 0.1) is 17.8 Å². The van der Waals surface area contributed by atoms with Gasteiger partial charge >= 0.3 is 0 Å². The third-order valence-electron chi connectivity index (χ3n) is 3.47. The number of hydrogen-bond acceptors (Lipinski definition) is 2. The highest BCUT2D eigenvalue weighted by Crippen LogP contribution is 2.19. The van der Waals surface area contributed by atoms with Crippen molar-refractivity contribution in [3.05, 3.63) is 48.2 Å². The van der Waals surface area contributed by atoms with Gasteiger partial charge in [-0.25, -0.2) is 4.98 Å². The van der Waals surface area contributed by atoms with Crippen LogP contribution < -0.4 is 0 Å². The van der Waals surface area contributed by atoms with Gasteiger partial charge < -0.3 is 4.57 Å². The minimum absolute atomic E-state index is 0.788. The van der Waals surface area contributed by atoms with Crippen LogP contribution in [0, 0.1) is 0 Å². The zero-order valence-electron chi connectivity index (χ0n) is 11.4. The molecule has 0 atom stereocenters. The molecule has 0 saturated heterocycles. The second kappa shape index (κ2) is 4.88. The van der Waals surface area contributed by atoms with Gasteiger partial charge in [0.25, 0.3) is 0 Å². The molecule has 0 radical (unpaired) electrons. The number of fused-ring (bicyclic) bond motifs is 1. The summed E-state index contributed by atoms with van der Waals surface area (Å²) in [5.41, 5.74) is 2.32. The van der Waals surface area contributed by atoms with Crippen molar-refractivity contribution in [3.8, 4) is 0 Å². The Labute approximate surface area is 112 Å². The summed E-state index contributed by atoms with van der Waals surface area (Å²) in [5, 5.41) is 5.96. The molecule has 0 saturated carbocycles. The predicted molar refractivity (Wildman–Crippen MR) is 76.1 cm³/mol. The minimum Gasteiger partial charge on any atom is -0.329 e. The van der Waals surface area contributed by atoms with Crippen molar-refractivity contribution < 1.29 is 0 Å². The summed E-state index contributed by atoms with van der Waals surface area (Å²) >= 11 is 0. The van der Waals surface area contributed by atoms with Crippen LogP contribution in [0.1, 0.15) is 25.4 Å². The second-order valence-electron chi connectivity index (χ2n) is 4.60. The number of imidazole rings is 1. The molecule has 2 aromatic heterocycles. The van der Waals surface area contributed by atoms with Crippen molar-refractivity contribution in [2.45, 2.75) is 33.4 Å². The number of nitrogens with zero attached hydrogens (tertiary/aromatic N) is 4. The highest BCUT2D eigenvalue weighted by molar-refractivity contribution is 5.81. The Balaban J connectivity index is 2.06. The largest absolute Gasteiger partial charge is 0.329 e. The van der Waals surface area contributed by atoms with E-state index < -0.39 is 0 Å². The number of aryl methyl sites for hydroxylation is 2. The molecule has 0 N–H and O–H groups in total. The highest BCUT2D eigenvalue weighted by Gasteiger charge is 2.10. The number of benzene rings is 1. The van der Waals surface area contributed by atoms with Crippen LogP contribution in [-0.2, 0) is 19.5 Å². The van der Waals surface area contributed by atoms with Crippen LogP contribution in [-0.4, -0.2) is 19.3 Å². The van der Waals surface area contributed by atoms with Gasteiger partial charge in [-0.3, -0.25) is 4.68 Å². The lowest BCUT2D eigenvalue weighted by molar-refractivity contribution is 0.644. The summed E-state index contributed by atoms with van der Waals surface area (Å²) in [4.78, 5) is 4.37. The molecule has 2 heterocycles. The molecule has 0 spiro atoms. The predicted octanol–water partition coefficient (Wildman–Crippen LogP) is 2.86. The smallest absolute Gasteiger partial charge is 0.108 e. The Bertz CT molecular complexity index is 693. The van der Waals surface area contributed by atoms with Gasteiger partial charge in [0.1, 0.15) is 5.82 Å². The van der Waals surface area contributed by atoms with E-state index in [4.69, 9.17) is 5.10 Å². The molecule has 0 unspecified atom stereocenters. The van der Waals surface area contributed by atoms with E-state index in [-0.39, 0.29) is 0 Å². The zero-order valence-corrected chi connectivity index (χ0v) is 11.4. The summed E-state index contributed by atoms with van der Waals surface area (Å²) in [7, 11) is 0. The van der Waals surface area contributed by atoms with Crippen molar-refractivity contribution in [2.24, 2.45) is 0 Å². The third-order valence-corrected chi connectivity index (χ3v) is 3.47. The van der Waals surface area contributed by atoms with Crippen LogP contribution in [0.2, 0.25) is 0 Å². The first-order valence-corrected chi connectivity index (χ1v) is 6.78. The van der Waals surface area contributed by atoms with E-state index in [2.05, 4.69) is 52.3 Å². The molecule has 1 aromatic carbocycles. The highest BCUT2D eigenvalue weighted by atomic mass is 15.3. The maximum atomic E-state index is 4.73. The average molecular weight is 254 g/mol. The molecule has 3 aromatic rings. The first-order chi connectivity index (χ1) is 9.33. The number of rotatable bonds is 4.